The summed E-state index contributed by atoms with van der Waals surface area (Å²) in [4.78, 5) is 23.2. The third-order valence-corrected chi connectivity index (χ3v) is 2.21. The maximum Gasteiger partial charge on any atom is 0.235 e. The molecule has 0 unspecified atom stereocenters. The SMILES string of the molecule is O=C1CC(=O)N(c2cccc(F)c2F)C1. The lowest BCUT2D eigenvalue weighted by molar-refractivity contribution is -0.121. The summed E-state index contributed by atoms with van der Waals surface area (Å²) >= 11 is 0. The van der Waals surface area contributed by atoms with Gasteiger partial charge in [0.25, 0.3) is 0 Å². The first-order chi connectivity index (χ1) is 7.09. The molecular formula is C10H7F2NO2. The minimum atomic E-state index is -1.10. The molecule has 0 N–H and O–H groups in total. The molecule has 15 heavy (non-hydrogen) atoms. The second kappa shape index (κ2) is 3.42. The number of carbonyl (C=O) groups excluding carboxylic acids is 2. The van der Waals surface area contributed by atoms with E-state index in [9.17, 15) is 18.4 Å². The summed E-state index contributed by atoms with van der Waals surface area (Å²) in [5.74, 6) is -2.91. The number of Topliss-reactive ketones (excluding diaryl/α,β-unsaturated/α-hetero) is 1. The quantitative estimate of drug-likeness (QED) is 0.656. The number of amides is 1. The van der Waals surface area contributed by atoms with Gasteiger partial charge in [0.05, 0.1) is 18.7 Å². The van der Waals surface area contributed by atoms with Crippen LogP contribution in [0.1, 0.15) is 6.42 Å². The Bertz CT molecular complexity index is 445. The van der Waals surface area contributed by atoms with Gasteiger partial charge in [-0.3, -0.25) is 9.59 Å². The lowest BCUT2D eigenvalue weighted by Gasteiger charge is -2.15. The van der Waals surface area contributed by atoms with Gasteiger partial charge in [0.15, 0.2) is 17.4 Å². The zero-order chi connectivity index (χ0) is 11.0. The first kappa shape index (κ1) is 9.76. The highest BCUT2D eigenvalue weighted by atomic mass is 19.2. The van der Waals surface area contributed by atoms with E-state index in [1.165, 1.54) is 12.1 Å². The van der Waals surface area contributed by atoms with E-state index < -0.39 is 17.5 Å². The van der Waals surface area contributed by atoms with Crippen molar-refractivity contribution in [2.45, 2.75) is 6.42 Å². The van der Waals surface area contributed by atoms with Gasteiger partial charge < -0.3 is 4.90 Å². The van der Waals surface area contributed by atoms with Crippen molar-refractivity contribution >= 4 is 17.4 Å². The monoisotopic (exact) mass is 211 g/mol. The lowest BCUT2D eigenvalue weighted by atomic mass is 10.2. The Kier molecular flexibility index (Phi) is 2.22. The summed E-state index contributed by atoms with van der Waals surface area (Å²) in [5, 5.41) is 0. The van der Waals surface area contributed by atoms with Crippen LogP contribution in [0.3, 0.4) is 0 Å². The van der Waals surface area contributed by atoms with Crippen LogP contribution in [0.5, 0.6) is 0 Å². The van der Waals surface area contributed by atoms with Gasteiger partial charge in [-0.2, -0.15) is 0 Å². The van der Waals surface area contributed by atoms with Crippen LogP contribution in [0.4, 0.5) is 14.5 Å². The number of ketones is 1. The van der Waals surface area contributed by atoms with Crippen LogP contribution in [0.2, 0.25) is 0 Å². The molecule has 1 aliphatic heterocycles. The highest BCUT2D eigenvalue weighted by molar-refractivity contribution is 6.15. The van der Waals surface area contributed by atoms with E-state index in [2.05, 4.69) is 0 Å². The van der Waals surface area contributed by atoms with Gasteiger partial charge in [-0.1, -0.05) is 6.07 Å². The fraction of sp³-hybridized carbons (Fsp3) is 0.200. The van der Waals surface area contributed by atoms with Crippen LogP contribution in [-0.4, -0.2) is 18.2 Å². The second-order valence-corrected chi connectivity index (χ2v) is 3.27. The van der Waals surface area contributed by atoms with Gasteiger partial charge in [0, 0.05) is 0 Å². The number of anilines is 1. The molecular weight excluding hydrogens is 204 g/mol. The zero-order valence-corrected chi connectivity index (χ0v) is 7.67. The number of rotatable bonds is 1. The molecule has 3 nitrogen and oxygen atoms in total. The van der Waals surface area contributed by atoms with Crippen LogP contribution in [0.25, 0.3) is 0 Å². The third-order valence-electron chi connectivity index (χ3n) is 2.21. The van der Waals surface area contributed by atoms with Crippen LogP contribution in [0.15, 0.2) is 18.2 Å². The average molecular weight is 211 g/mol. The van der Waals surface area contributed by atoms with Gasteiger partial charge in [0.1, 0.15) is 0 Å². The first-order valence-electron chi connectivity index (χ1n) is 4.35. The minimum Gasteiger partial charge on any atom is -0.302 e. The standard InChI is InChI=1S/C10H7F2NO2/c11-7-2-1-3-8(10(7)12)13-5-6(14)4-9(13)15/h1-3H,4-5H2. The van der Waals surface area contributed by atoms with E-state index in [0.29, 0.717) is 0 Å². The molecule has 0 bridgehead atoms. The highest BCUT2D eigenvalue weighted by Crippen LogP contribution is 2.24. The van der Waals surface area contributed by atoms with E-state index in [-0.39, 0.29) is 24.4 Å². The van der Waals surface area contributed by atoms with E-state index in [4.69, 9.17) is 0 Å². The van der Waals surface area contributed by atoms with Crippen molar-refractivity contribution in [2.24, 2.45) is 0 Å². The summed E-state index contributed by atoms with van der Waals surface area (Å²) in [6.07, 6.45) is -0.240. The number of carbonyl (C=O) groups is 2. The predicted octanol–water partition coefficient (Wildman–Crippen LogP) is 1.27. The summed E-state index contributed by atoms with van der Waals surface area (Å²) in [6.45, 7) is -0.181. The molecule has 0 aromatic heterocycles. The molecule has 5 heteroatoms. The molecule has 1 amide bonds. The molecule has 0 spiro atoms. The Labute approximate surface area is 84.3 Å². The van der Waals surface area contributed by atoms with Crippen LogP contribution in [0, 0.1) is 11.6 Å². The molecule has 1 aromatic carbocycles. The number of benzene rings is 1. The number of hydrogen-bond donors (Lipinski definition) is 0. The van der Waals surface area contributed by atoms with Crippen molar-refractivity contribution in [1.29, 1.82) is 0 Å². The van der Waals surface area contributed by atoms with Crippen molar-refractivity contribution in [3.8, 4) is 0 Å². The van der Waals surface area contributed by atoms with E-state index in [1.807, 2.05) is 0 Å². The number of hydrogen-bond acceptors (Lipinski definition) is 2. The second-order valence-electron chi connectivity index (χ2n) is 3.27. The molecule has 2 rings (SSSR count). The normalized spacial score (nSPS) is 16.3. The number of nitrogens with zero attached hydrogens (tertiary/aromatic N) is 1. The van der Waals surface area contributed by atoms with E-state index in [0.717, 1.165) is 11.0 Å². The smallest absolute Gasteiger partial charge is 0.235 e. The Balaban J connectivity index is 2.42. The Morgan fingerprint density at radius 2 is 1.93 bits per heavy atom. The van der Waals surface area contributed by atoms with Gasteiger partial charge in [0.2, 0.25) is 5.91 Å². The molecule has 0 radical (unpaired) electrons. The fourth-order valence-electron chi connectivity index (χ4n) is 1.50. The van der Waals surface area contributed by atoms with Crippen molar-refractivity contribution in [3.05, 3.63) is 29.8 Å². The summed E-state index contributed by atoms with van der Waals surface area (Å²) in [5.41, 5.74) is -0.175. The van der Waals surface area contributed by atoms with Crippen molar-refractivity contribution in [2.75, 3.05) is 11.4 Å². The largest absolute Gasteiger partial charge is 0.302 e. The molecule has 1 saturated heterocycles. The Morgan fingerprint density at radius 1 is 1.20 bits per heavy atom. The molecule has 0 aliphatic carbocycles. The van der Waals surface area contributed by atoms with Crippen molar-refractivity contribution < 1.29 is 18.4 Å². The summed E-state index contributed by atoms with van der Waals surface area (Å²) < 4.78 is 26.1. The third kappa shape index (κ3) is 1.60. The van der Waals surface area contributed by atoms with Crippen LogP contribution in [-0.2, 0) is 9.59 Å². The van der Waals surface area contributed by atoms with Gasteiger partial charge >= 0.3 is 0 Å². The maximum absolute atomic E-state index is 13.3. The summed E-state index contributed by atoms with van der Waals surface area (Å²) in [6, 6.07) is 3.53. The van der Waals surface area contributed by atoms with Crippen molar-refractivity contribution in [1.82, 2.24) is 0 Å². The molecule has 0 saturated carbocycles. The lowest BCUT2D eigenvalue weighted by Crippen LogP contribution is -2.25. The molecule has 1 aliphatic rings. The van der Waals surface area contributed by atoms with Gasteiger partial charge in [-0.25, -0.2) is 8.78 Å². The number of halogens is 2. The Morgan fingerprint density at radius 3 is 2.53 bits per heavy atom. The topological polar surface area (TPSA) is 37.4 Å². The molecule has 78 valence electrons. The molecule has 1 fully saturated rings. The van der Waals surface area contributed by atoms with E-state index >= 15 is 0 Å². The molecule has 0 atom stereocenters. The Hall–Kier alpha value is -1.78. The molecule has 1 aromatic rings. The predicted molar refractivity (Wildman–Crippen MR) is 48.3 cm³/mol. The zero-order valence-electron chi connectivity index (χ0n) is 7.67. The molecule has 1 heterocycles. The maximum atomic E-state index is 13.3. The average Bonchev–Trinajstić information content (AvgIpc) is 2.50. The van der Waals surface area contributed by atoms with Gasteiger partial charge in [-0.15, -0.1) is 0 Å². The van der Waals surface area contributed by atoms with E-state index in [1.54, 1.807) is 0 Å². The van der Waals surface area contributed by atoms with Crippen molar-refractivity contribution in [3.63, 3.8) is 0 Å². The minimum absolute atomic E-state index is 0.175. The highest BCUT2D eigenvalue weighted by Gasteiger charge is 2.30. The first-order valence-corrected chi connectivity index (χ1v) is 4.35. The van der Waals surface area contributed by atoms with Crippen LogP contribution < -0.4 is 4.90 Å². The van der Waals surface area contributed by atoms with Crippen LogP contribution >= 0.6 is 0 Å². The summed E-state index contributed by atoms with van der Waals surface area (Å²) in [7, 11) is 0. The van der Waals surface area contributed by atoms with Gasteiger partial charge in [-0.05, 0) is 12.1 Å². The fourth-order valence-corrected chi connectivity index (χ4v) is 1.50.